The number of ether oxygens (including phenoxy) is 1. The quantitative estimate of drug-likeness (QED) is 0.431. The van der Waals surface area contributed by atoms with Crippen LogP contribution in [0.4, 0.5) is 0 Å². The molecule has 1 N–H and O–H groups in total. The Bertz CT molecular complexity index is 124. The number of hydrogen-bond donors (Lipinski definition) is 1. The van der Waals surface area contributed by atoms with E-state index in [1.807, 2.05) is 0 Å². The molecule has 1 radical (unpaired) electrons. The molecular weight excluding hydrogens is 134 g/mol. The fourth-order valence-electron chi connectivity index (χ4n) is 0.541. The van der Waals surface area contributed by atoms with E-state index in [1.54, 1.807) is 6.92 Å². The zero-order chi connectivity index (χ0) is 7.98. The lowest BCUT2D eigenvalue weighted by molar-refractivity contribution is -0.142. The third kappa shape index (κ3) is 2.48. The summed E-state index contributed by atoms with van der Waals surface area (Å²) in [7, 11) is 1.28. The molecule has 1 amide bonds. The molecule has 0 saturated heterocycles. The van der Waals surface area contributed by atoms with E-state index < -0.39 is 12.0 Å². The van der Waals surface area contributed by atoms with Crippen LogP contribution in [0.25, 0.3) is 0 Å². The van der Waals surface area contributed by atoms with Gasteiger partial charge in [-0.05, 0) is 6.42 Å². The van der Waals surface area contributed by atoms with Gasteiger partial charge in [-0.25, -0.2) is 4.79 Å². The standard InChI is InChI=1S/C6H10NO3/c1-3-5(7-4-8)6(9)10-2/h5H,3H2,1-2H3,(H,7,8). The van der Waals surface area contributed by atoms with Crippen molar-refractivity contribution in [2.45, 2.75) is 19.4 Å². The molecule has 57 valence electrons. The predicted molar refractivity (Wildman–Crippen MR) is 34.9 cm³/mol. The first kappa shape index (κ1) is 8.94. The number of amides is 1. The lowest BCUT2D eigenvalue weighted by atomic mass is 10.2. The molecule has 0 aliphatic rings. The molecular formula is C6H10NO3. The summed E-state index contributed by atoms with van der Waals surface area (Å²) in [5.74, 6) is -0.439. The third-order valence-electron chi connectivity index (χ3n) is 1.13. The molecule has 4 heteroatoms. The van der Waals surface area contributed by atoms with Gasteiger partial charge in [0, 0.05) is 0 Å². The molecule has 10 heavy (non-hydrogen) atoms. The zero-order valence-electron chi connectivity index (χ0n) is 6.01. The van der Waals surface area contributed by atoms with Crippen LogP contribution in [0, 0.1) is 0 Å². The largest absolute Gasteiger partial charge is 0.467 e. The second-order valence-corrected chi connectivity index (χ2v) is 1.73. The average Bonchev–Trinajstić information content (AvgIpc) is 1.99. The first-order chi connectivity index (χ1) is 4.76. The summed E-state index contributed by atoms with van der Waals surface area (Å²) in [6.07, 6.45) is 1.95. The van der Waals surface area contributed by atoms with Gasteiger partial charge in [0.1, 0.15) is 6.04 Å². The van der Waals surface area contributed by atoms with E-state index in [4.69, 9.17) is 0 Å². The van der Waals surface area contributed by atoms with Crippen molar-refractivity contribution in [1.29, 1.82) is 0 Å². The highest BCUT2D eigenvalue weighted by molar-refractivity contribution is 5.77. The lowest BCUT2D eigenvalue weighted by Gasteiger charge is -2.08. The highest BCUT2D eigenvalue weighted by Crippen LogP contribution is 1.91. The summed E-state index contributed by atoms with van der Waals surface area (Å²) in [6.45, 7) is 1.77. The summed E-state index contributed by atoms with van der Waals surface area (Å²) in [4.78, 5) is 20.4. The van der Waals surface area contributed by atoms with Crippen LogP contribution in [-0.4, -0.2) is 25.5 Å². The fourth-order valence-corrected chi connectivity index (χ4v) is 0.541. The van der Waals surface area contributed by atoms with Crippen LogP contribution in [0.1, 0.15) is 13.3 Å². The maximum Gasteiger partial charge on any atom is 0.328 e. The molecule has 0 rings (SSSR count). The molecule has 0 aliphatic heterocycles. The number of methoxy groups -OCH3 is 1. The Kier molecular flexibility index (Phi) is 4.28. The second kappa shape index (κ2) is 4.78. The van der Waals surface area contributed by atoms with Crippen molar-refractivity contribution >= 4 is 12.4 Å². The molecule has 0 aromatic rings. The highest BCUT2D eigenvalue weighted by Gasteiger charge is 2.14. The number of rotatable bonds is 4. The minimum absolute atomic E-state index is 0.439. The molecule has 1 atom stereocenters. The normalized spacial score (nSPS) is 11.8. The molecule has 4 nitrogen and oxygen atoms in total. The number of nitrogens with one attached hydrogen (secondary N) is 1. The van der Waals surface area contributed by atoms with Gasteiger partial charge in [0.2, 0.25) is 0 Å². The molecule has 0 spiro atoms. The van der Waals surface area contributed by atoms with Crippen LogP contribution >= 0.6 is 0 Å². The van der Waals surface area contributed by atoms with Gasteiger partial charge in [-0.1, -0.05) is 6.92 Å². The molecule has 0 aliphatic carbocycles. The predicted octanol–water partition coefficient (Wildman–Crippen LogP) is -0.405. The van der Waals surface area contributed by atoms with E-state index in [1.165, 1.54) is 13.5 Å². The summed E-state index contributed by atoms with van der Waals surface area (Å²) >= 11 is 0. The second-order valence-electron chi connectivity index (χ2n) is 1.73. The smallest absolute Gasteiger partial charge is 0.328 e. The van der Waals surface area contributed by atoms with Crippen LogP contribution in [0.5, 0.6) is 0 Å². The van der Waals surface area contributed by atoms with Gasteiger partial charge >= 0.3 is 12.4 Å². The topological polar surface area (TPSA) is 55.4 Å². The SMILES string of the molecule is CCC(N[C]=O)C(=O)OC. The Labute approximate surface area is 59.6 Å². The van der Waals surface area contributed by atoms with Gasteiger partial charge in [0.15, 0.2) is 0 Å². The van der Waals surface area contributed by atoms with E-state index in [0.717, 1.165) is 0 Å². The number of hydrogen-bond acceptors (Lipinski definition) is 3. The van der Waals surface area contributed by atoms with Crippen molar-refractivity contribution in [1.82, 2.24) is 5.32 Å². The minimum atomic E-state index is -0.553. The number of carbonyl (C=O) groups is 1. The van der Waals surface area contributed by atoms with Crippen molar-refractivity contribution in [3.8, 4) is 0 Å². The molecule has 0 aromatic heterocycles. The van der Waals surface area contributed by atoms with E-state index in [2.05, 4.69) is 10.1 Å². The van der Waals surface area contributed by atoms with Gasteiger partial charge in [0.05, 0.1) is 7.11 Å². The van der Waals surface area contributed by atoms with Crippen LogP contribution in [0.2, 0.25) is 0 Å². The molecule has 0 aromatic carbocycles. The van der Waals surface area contributed by atoms with Crippen LogP contribution < -0.4 is 5.32 Å². The summed E-state index contributed by atoms with van der Waals surface area (Å²) in [6, 6.07) is -0.553. The van der Waals surface area contributed by atoms with Crippen molar-refractivity contribution in [2.75, 3.05) is 7.11 Å². The van der Waals surface area contributed by atoms with Gasteiger partial charge in [-0.3, -0.25) is 4.79 Å². The van der Waals surface area contributed by atoms with Crippen molar-refractivity contribution in [2.24, 2.45) is 0 Å². The van der Waals surface area contributed by atoms with Crippen LogP contribution in [-0.2, 0) is 14.3 Å². The van der Waals surface area contributed by atoms with Crippen LogP contribution in [0.15, 0.2) is 0 Å². The minimum Gasteiger partial charge on any atom is -0.467 e. The van der Waals surface area contributed by atoms with E-state index >= 15 is 0 Å². The third-order valence-corrected chi connectivity index (χ3v) is 1.13. The lowest BCUT2D eigenvalue weighted by Crippen LogP contribution is -2.35. The van der Waals surface area contributed by atoms with Crippen molar-refractivity contribution in [3.05, 3.63) is 0 Å². The van der Waals surface area contributed by atoms with Crippen LogP contribution in [0.3, 0.4) is 0 Å². The Hall–Kier alpha value is -1.06. The van der Waals surface area contributed by atoms with E-state index in [-0.39, 0.29) is 0 Å². The van der Waals surface area contributed by atoms with Gasteiger partial charge in [-0.15, -0.1) is 0 Å². The summed E-state index contributed by atoms with van der Waals surface area (Å²) in [5, 5.41) is 2.20. The Morgan fingerprint density at radius 2 is 2.40 bits per heavy atom. The zero-order valence-corrected chi connectivity index (χ0v) is 6.01. The van der Waals surface area contributed by atoms with Crippen molar-refractivity contribution in [3.63, 3.8) is 0 Å². The maximum atomic E-state index is 10.7. The maximum absolute atomic E-state index is 10.7. The van der Waals surface area contributed by atoms with Gasteiger partial charge in [-0.2, -0.15) is 0 Å². The number of esters is 1. The molecule has 0 bridgehead atoms. The van der Waals surface area contributed by atoms with E-state index in [0.29, 0.717) is 6.42 Å². The first-order valence-corrected chi connectivity index (χ1v) is 2.96. The molecule has 1 unspecified atom stereocenters. The Morgan fingerprint density at radius 1 is 1.80 bits per heavy atom. The molecule has 0 heterocycles. The molecule has 0 fully saturated rings. The highest BCUT2D eigenvalue weighted by atomic mass is 16.5. The monoisotopic (exact) mass is 144 g/mol. The average molecular weight is 144 g/mol. The number of carbonyl (C=O) groups excluding carboxylic acids is 2. The van der Waals surface area contributed by atoms with Gasteiger partial charge < -0.3 is 10.1 Å². The molecule has 0 saturated carbocycles. The van der Waals surface area contributed by atoms with E-state index in [9.17, 15) is 9.59 Å². The summed E-state index contributed by atoms with van der Waals surface area (Å²) in [5.41, 5.74) is 0. The Balaban J connectivity index is 3.79. The van der Waals surface area contributed by atoms with Crippen molar-refractivity contribution < 1.29 is 14.3 Å². The first-order valence-electron chi connectivity index (χ1n) is 2.96. The Morgan fingerprint density at radius 3 is 2.70 bits per heavy atom. The fraction of sp³-hybridized carbons (Fsp3) is 0.667. The summed E-state index contributed by atoms with van der Waals surface area (Å²) < 4.78 is 4.38. The van der Waals surface area contributed by atoms with Gasteiger partial charge in [0.25, 0.3) is 0 Å².